The minimum atomic E-state index is -0.710. The number of carboxylic acid groups (broad SMARTS) is 1. The zero-order chi connectivity index (χ0) is 19.1. The highest BCUT2D eigenvalue weighted by molar-refractivity contribution is 5.97. The van der Waals surface area contributed by atoms with Crippen molar-refractivity contribution < 1.29 is 14.7 Å². The van der Waals surface area contributed by atoms with Gasteiger partial charge in [0.05, 0.1) is 5.92 Å². The topological polar surface area (TPSA) is 80.4 Å². The average molecular weight is 360 g/mol. The molecule has 3 N–H and O–H groups in total. The number of nitrogens with two attached hydrogens (primary N) is 1. The fraction of sp³-hybridized carbons (Fsp3) is 0.636. The summed E-state index contributed by atoms with van der Waals surface area (Å²) in [5, 5.41) is 9.35. The maximum Gasteiger partial charge on any atom is 0.306 e. The number of carbonyl (C=O) groups excluding carboxylic acids is 1. The van der Waals surface area contributed by atoms with Crippen molar-refractivity contribution >= 4 is 11.8 Å². The molecule has 2 rings (SSSR count). The molecule has 0 amide bonds. The van der Waals surface area contributed by atoms with Gasteiger partial charge in [-0.15, -0.1) is 0 Å². The van der Waals surface area contributed by atoms with E-state index < -0.39 is 5.97 Å². The van der Waals surface area contributed by atoms with Crippen LogP contribution in [0.15, 0.2) is 24.3 Å². The van der Waals surface area contributed by atoms with E-state index in [1.807, 2.05) is 31.2 Å². The highest BCUT2D eigenvalue weighted by Gasteiger charge is 2.26. The lowest BCUT2D eigenvalue weighted by Gasteiger charge is -2.26. The summed E-state index contributed by atoms with van der Waals surface area (Å²) in [7, 11) is 0. The van der Waals surface area contributed by atoms with Gasteiger partial charge in [0.25, 0.3) is 0 Å². The van der Waals surface area contributed by atoms with E-state index >= 15 is 0 Å². The number of carbonyl (C=O) groups is 2. The van der Waals surface area contributed by atoms with Crippen LogP contribution in [0, 0.1) is 17.8 Å². The van der Waals surface area contributed by atoms with E-state index in [1.54, 1.807) is 0 Å². The van der Waals surface area contributed by atoms with Gasteiger partial charge >= 0.3 is 5.97 Å². The van der Waals surface area contributed by atoms with Crippen molar-refractivity contribution in [2.45, 2.75) is 64.7 Å². The number of Topliss-reactive ketones (excluding diaryl/α,β-unsaturated/α-hetero) is 1. The Morgan fingerprint density at radius 2 is 1.77 bits per heavy atom. The van der Waals surface area contributed by atoms with Crippen LogP contribution in [0.4, 0.5) is 0 Å². The predicted octanol–water partition coefficient (Wildman–Crippen LogP) is 4.63. The fourth-order valence-electron chi connectivity index (χ4n) is 4.13. The monoisotopic (exact) mass is 359 g/mol. The molecule has 4 heteroatoms. The molecule has 0 radical (unpaired) electrons. The predicted molar refractivity (Wildman–Crippen MR) is 104 cm³/mol. The highest BCUT2D eigenvalue weighted by Crippen LogP contribution is 2.31. The molecule has 144 valence electrons. The van der Waals surface area contributed by atoms with E-state index in [4.69, 9.17) is 5.73 Å². The first kappa shape index (κ1) is 20.6. The van der Waals surface area contributed by atoms with E-state index in [9.17, 15) is 14.7 Å². The minimum Gasteiger partial charge on any atom is -0.481 e. The second kappa shape index (κ2) is 9.86. The Kier molecular flexibility index (Phi) is 7.83. The third kappa shape index (κ3) is 5.41. The van der Waals surface area contributed by atoms with Gasteiger partial charge in [0, 0.05) is 11.5 Å². The van der Waals surface area contributed by atoms with Crippen molar-refractivity contribution in [3.8, 4) is 0 Å². The molecule has 0 spiro atoms. The summed E-state index contributed by atoms with van der Waals surface area (Å²) >= 11 is 0. The van der Waals surface area contributed by atoms with Crippen molar-refractivity contribution in [1.29, 1.82) is 0 Å². The van der Waals surface area contributed by atoms with Gasteiger partial charge in [0.15, 0.2) is 5.78 Å². The van der Waals surface area contributed by atoms with Crippen molar-refractivity contribution in [3.05, 3.63) is 35.4 Å². The zero-order valence-corrected chi connectivity index (χ0v) is 16.1. The van der Waals surface area contributed by atoms with Crippen LogP contribution < -0.4 is 5.73 Å². The number of hydrogen-bond acceptors (Lipinski definition) is 3. The second-order valence-electron chi connectivity index (χ2n) is 7.90. The third-order valence-electron chi connectivity index (χ3n) is 5.94. The van der Waals surface area contributed by atoms with Crippen LogP contribution in [0.25, 0.3) is 0 Å². The molecule has 0 heterocycles. The Labute approximate surface area is 157 Å². The number of rotatable bonds is 9. The molecule has 1 aliphatic rings. The van der Waals surface area contributed by atoms with Gasteiger partial charge < -0.3 is 10.8 Å². The molecule has 1 aromatic rings. The molecule has 26 heavy (non-hydrogen) atoms. The molecule has 1 saturated carbocycles. The van der Waals surface area contributed by atoms with Gasteiger partial charge in [-0.05, 0) is 62.5 Å². The minimum absolute atomic E-state index is 0.127. The van der Waals surface area contributed by atoms with E-state index in [1.165, 1.54) is 0 Å². The van der Waals surface area contributed by atoms with Gasteiger partial charge in [-0.3, -0.25) is 9.59 Å². The lowest BCUT2D eigenvalue weighted by atomic mass is 9.78. The van der Waals surface area contributed by atoms with Crippen molar-refractivity contribution in [2.75, 3.05) is 6.54 Å². The van der Waals surface area contributed by atoms with Gasteiger partial charge in [-0.2, -0.15) is 0 Å². The third-order valence-corrected chi connectivity index (χ3v) is 5.94. The first-order valence-electron chi connectivity index (χ1n) is 10.0. The summed E-state index contributed by atoms with van der Waals surface area (Å²) < 4.78 is 0. The lowest BCUT2D eigenvalue weighted by molar-refractivity contribution is -0.142. The van der Waals surface area contributed by atoms with Gasteiger partial charge in [-0.1, -0.05) is 44.5 Å². The number of hydrogen-bond donors (Lipinski definition) is 2. The summed E-state index contributed by atoms with van der Waals surface area (Å²) in [4.78, 5) is 24.1. The molecule has 0 aliphatic heterocycles. The lowest BCUT2D eigenvalue weighted by Crippen LogP contribution is -2.25. The molecule has 1 fully saturated rings. The smallest absolute Gasteiger partial charge is 0.306 e. The van der Waals surface area contributed by atoms with Gasteiger partial charge in [-0.25, -0.2) is 0 Å². The SMILES string of the molecule is CCCC(CC(C)c1ccc(C(=O)C2CCC(CN)CC2)cc1)C(=O)O. The Balaban J connectivity index is 1.96. The number of aliphatic carboxylic acids is 1. The zero-order valence-electron chi connectivity index (χ0n) is 16.1. The molecular weight excluding hydrogens is 326 g/mol. The molecule has 0 saturated heterocycles. The standard InChI is InChI=1S/C22H33NO3/c1-3-4-20(22(25)26)13-15(2)17-9-11-19(12-10-17)21(24)18-7-5-16(14-23)6-8-18/h9-12,15-16,18,20H,3-8,13-14,23H2,1-2H3,(H,25,26). The first-order chi connectivity index (χ1) is 12.5. The molecule has 2 unspecified atom stereocenters. The quantitative estimate of drug-likeness (QED) is 0.630. The maximum atomic E-state index is 12.7. The Morgan fingerprint density at radius 3 is 2.27 bits per heavy atom. The van der Waals surface area contributed by atoms with Crippen LogP contribution in [-0.2, 0) is 4.79 Å². The molecule has 1 aliphatic carbocycles. The number of benzene rings is 1. The normalized spacial score (nSPS) is 22.6. The molecule has 0 bridgehead atoms. The van der Waals surface area contributed by atoms with Crippen LogP contribution in [-0.4, -0.2) is 23.4 Å². The van der Waals surface area contributed by atoms with Crippen LogP contribution in [0.3, 0.4) is 0 Å². The van der Waals surface area contributed by atoms with E-state index in [0.717, 1.165) is 49.8 Å². The first-order valence-corrected chi connectivity index (χ1v) is 10.0. The van der Waals surface area contributed by atoms with E-state index in [-0.39, 0.29) is 23.5 Å². The van der Waals surface area contributed by atoms with Crippen LogP contribution in [0.2, 0.25) is 0 Å². The second-order valence-corrected chi connectivity index (χ2v) is 7.90. The Hall–Kier alpha value is -1.68. The summed E-state index contributed by atoms with van der Waals surface area (Å²) in [5.74, 6) is 0.114. The molecule has 0 aromatic heterocycles. The Morgan fingerprint density at radius 1 is 1.15 bits per heavy atom. The molecular formula is C22H33NO3. The summed E-state index contributed by atoms with van der Waals surface area (Å²) in [6, 6.07) is 7.82. The van der Waals surface area contributed by atoms with Gasteiger partial charge in [0.2, 0.25) is 0 Å². The fourth-order valence-corrected chi connectivity index (χ4v) is 4.13. The largest absolute Gasteiger partial charge is 0.481 e. The van der Waals surface area contributed by atoms with Crippen LogP contribution in [0.1, 0.15) is 80.6 Å². The van der Waals surface area contributed by atoms with Crippen LogP contribution in [0.5, 0.6) is 0 Å². The molecule has 4 nitrogen and oxygen atoms in total. The summed E-state index contributed by atoms with van der Waals surface area (Å²) in [6.45, 7) is 4.81. The van der Waals surface area contributed by atoms with E-state index in [0.29, 0.717) is 18.8 Å². The Bertz CT molecular complexity index is 588. The number of carboxylic acids is 1. The summed E-state index contributed by atoms with van der Waals surface area (Å²) in [6.07, 6.45) is 6.21. The maximum absolute atomic E-state index is 12.7. The number of ketones is 1. The van der Waals surface area contributed by atoms with Crippen molar-refractivity contribution in [1.82, 2.24) is 0 Å². The highest BCUT2D eigenvalue weighted by atomic mass is 16.4. The average Bonchev–Trinajstić information content (AvgIpc) is 2.67. The van der Waals surface area contributed by atoms with Crippen LogP contribution >= 0.6 is 0 Å². The van der Waals surface area contributed by atoms with Crippen molar-refractivity contribution in [3.63, 3.8) is 0 Å². The van der Waals surface area contributed by atoms with E-state index in [2.05, 4.69) is 6.92 Å². The molecule has 1 aromatic carbocycles. The van der Waals surface area contributed by atoms with Gasteiger partial charge in [0.1, 0.15) is 0 Å². The summed E-state index contributed by atoms with van der Waals surface area (Å²) in [5.41, 5.74) is 7.62. The van der Waals surface area contributed by atoms with Crippen molar-refractivity contribution in [2.24, 2.45) is 23.5 Å². The molecule has 2 atom stereocenters.